The fraction of sp³-hybridized carbons (Fsp3) is 0.462. The molecule has 3 nitrogen and oxygen atoms in total. The van der Waals surface area contributed by atoms with Gasteiger partial charge in [-0.1, -0.05) is 6.07 Å². The van der Waals surface area contributed by atoms with E-state index in [9.17, 15) is 0 Å². The molecule has 0 atom stereocenters. The number of ether oxygens (including phenoxy) is 1. The highest BCUT2D eigenvalue weighted by atomic mass is 16.5. The minimum Gasteiger partial charge on any atom is -0.494 e. The summed E-state index contributed by atoms with van der Waals surface area (Å²) in [4.78, 5) is 6.73. The van der Waals surface area contributed by atoms with E-state index in [-0.39, 0.29) is 0 Å². The van der Waals surface area contributed by atoms with E-state index in [4.69, 9.17) is 4.74 Å². The summed E-state index contributed by atoms with van der Waals surface area (Å²) in [5, 5.41) is 0. The lowest BCUT2D eigenvalue weighted by atomic mass is 10.2. The van der Waals surface area contributed by atoms with Crippen LogP contribution in [0.3, 0.4) is 0 Å². The molecule has 0 N–H and O–H groups in total. The summed E-state index contributed by atoms with van der Waals surface area (Å²) < 4.78 is 5.31. The van der Waals surface area contributed by atoms with E-state index in [1.807, 2.05) is 18.5 Å². The molecule has 1 aliphatic rings. The number of likely N-dealkylation sites (tertiary alicyclic amines) is 1. The second kappa shape index (κ2) is 5.01. The van der Waals surface area contributed by atoms with Crippen LogP contribution in [0.4, 0.5) is 5.69 Å². The Morgan fingerprint density at radius 1 is 1.31 bits per heavy atom. The van der Waals surface area contributed by atoms with Gasteiger partial charge in [-0.05, 0) is 37.5 Å². The summed E-state index contributed by atoms with van der Waals surface area (Å²) in [6.45, 7) is 4.30. The second-order valence-electron chi connectivity index (χ2n) is 4.16. The van der Waals surface area contributed by atoms with Gasteiger partial charge >= 0.3 is 0 Å². The van der Waals surface area contributed by atoms with Crippen LogP contribution in [0.1, 0.15) is 18.4 Å². The van der Waals surface area contributed by atoms with Crippen LogP contribution in [0.2, 0.25) is 0 Å². The minimum atomic E-state index is 0.843. The summed E-state index contributed by atoms with van der Waals surface area (Å²) in [7, 11) is 1.68. The third kappa shape index (κ3) is 2.54. The molecule has 1 aliphatic heterocycles. The lowest BCUT2D eigenvalue weighted by Crippen LogP contribution is -2.16. The van der Waals surface area contributed by atoms with Crippen LogP contribution >= 0.6 is 0 Å². The Bertz CT molecular complexity index is 382. The van der Waals surface area contributed by atoms with Crippen LogP contribution in [-0.2, 0) is 0 Å². The van der Waals surface area contributed by atoms with E-state index >= 15 is 0 Å². The number of hydrogen-bond acceptors (Lipinski definition) is 2. The van der Waals surface area contributed by atoms with Crippen LogP contribution < -0.4 is 4.74 Å². The van der Waals surface area contributed by atoms with E-state index in [1.165, 1.54) is 18.4 Å². The maximum absolute atomic E-state index is 5.31. The highest BCUT2D eigenvalue weighted by Crippen LogP contribution is 2.27. The third-order valence-corrected chi connectivity index (χ3v) is 2.84. The average Bonchev–Trinajstić information content (AvgIpc) is 2.80. The molecule has 0 spiro atoms. The number of nitrogens with zero attached hydrogens (tertiary/aromatic N) is 2. The number of rotatable bonds is 3. The summed E-state index contributed by atoms with van der Waals surface area (Å²) >= 11 is 0. The van der Waals surface area contributed by atoms with Gasteiger partial charge in [0.15, 0.2) is 0 Å². The zero-order valence-corrected chi connectivity index (χ0v) is 9.94. The quantitative estimate of drug-likeness (QED) is 0.575. The van der Waals surface area contributed by atoms with Gasteiger partial charge in [0.25, 0.3) is 0 Å². The van der Waals surface area contributed by atoms with Crippen molar-refractivity contribution in [3.8, 4) is 5.75 Å². The smallest absolute Gasteiger partial charge is 0.144 e. The van der Waals surface area contributed by atoms with E-state index in [0.29, 0.717) is 0 Å². The molecule has 0 aliphatic carbocycles. The van der Waals surface area contributed by atoms with Gasteiger partial charge in [-0.2, -0.15) is 0 Å². The molecule has 2 rings (SSSR count). The molecule has 0 unspecified atom stereocenters. The first-order valence-electron chi connectivity index (χ1n) is 5.72. The predicted octanol–water partition coefficient (Wildman–Crippen LogP) is 2.76. The molecule has 1 aromatic carbocycles. The van der Waals surface area contributed by atoms with Crippen molar-refractivity contribution in [3.63, 3.8) is 0 Å². The molecule has 86 valence electrons. The van der Waals surface area contributed by atoms with Crippen molar-refractivity contribution in [1.82, 2.24) is 4.90 Å². The molecule has 1 heterocycles. The molecule has 0 radical (unpaired) electrons. The van der Waals surface area contributed by atoms with Crippen LogP contribution in [0, 0.1) is 6.92 Å². The maximum Gasteiger partial charge on any atom is 0.144 e. The maximum atomic E-state index is 5.31. The van der Waals surface area contributed by atoms with E-state index < -0.39 is 0 Å². The number of aliphatic imine (C=N–C) groups is 1. The van der Waals surface area contributed by atoms with Gasteiger partial charge in [0, 0.05) is 13.1 Å². The second-order valence-corrected chi connectivity index (χ2v) is 4.16. The van der Waals surface area contributed by atoms with Gasteiger partial charge in [0.1, 0.15) is 11.4 Å². The zero-order valence-electron chi connectivity index (χ0n) is 9.94. The standard InChI is InChI=1S/C13H18N2O/c1-11-5-6-12(13(9-11)16-2)14-10-15-7-3-4-8-15/h5-6,9-10H,3-4,7-8H2,1-2H3. The van der Waals surface area contributed by atoms with Gasteiger partial charge in [-0.15, -0.1) is 0 Å². The molecule has 16 heavy (non-hydrogen) atoms. The van der Waals surface area contributed by atoms with Gasteiger partial charge in [-0.25, -0.2) is 4.99 Å². The minimum absolute atomic E-state index is 0.843. The van der Waals surface area contributed by atoms with Crippen LogP contribution in [0.5, 0.6) is 5.75 Å². The Labute approximate surface area is 96.7 Å². The molecule has 1 fully saturated rings. The topological polar surface area (TPSA) is 24.8 Å². The Morgan fingerprint density at radius 3 is 2.75 bits per heavy atom. The van der Waals surface area contributed by atoms with Crippen molar-refractivity contribution in [3.05, 3.63) is 23.8 Å². The number of hydrogen-bond donors (Lipinski definition) is 0. The summed E-state index contributed by atoms with van der Waals surface area (Å²) in [6.07, 6.45) is 4.48. The average molecular weight is 218 g/mol. The zero-order chi connectivity index (χ0) is 11.4. The molecule has 1 aromatic rings. The third-order valence-electron chi connectivity index (χ3n) is 2.84. The molecular weight excluding hydrogens is 200 g/mol. The molecule has 0 amide bonds. The van der Waals surface area contributed by atoms with Crippen molar-refractivity contribution in [2.24, 2.45) is 4.99 Å². The SMILES string of the molecule is COc1cc(C)ccc1N=CN1CCCC1. The summed E-state index contributed by atoms with van der Waals surface area (Å²) in [5.41, 5.74) is 2.09. The monoisotopic (exact) mass is 218 g/mol. The molecule has 1 saturated heterocycles. The van der Waals surface area contributed by atoms with Crippen molar-refractivity contribution in [1.29, 1.82) is 0 Å². The molecule has 0 bridgehead atoms. The van der Waals surface area contributed by atoms with E-state index in [2.05, 4.69) is 22.9 Å². The number of methoxy groups -OCH3 is 1. The highest BCUT2D eigenvalue weighted by Gasteiger charge is 2.07. The molecular formula is C13H18N2O. The van der Waals surface area contributed by atoms with Crippen molar-refractivity contribution in [2.75, 3.05) is 20.2 Å². The Balaban J connectivity index is 2.13. The number of aryl methyl sites for hydroxylation is 1. The molecule has 0 saturated carbocycles. The molecule has 3 heteroatoms. The lowest BCUT2D eigenvalue weighted by Gasteiger charge is -2.10. The molecule has 0 aromatic heterocycles. The van der Waals surface area contributed by atoms with Crippen LogP contribution in [0.25, 0.3) is 0 Å². The Hall–Kier alpha value is -1.51. The van der Waals surface area contributed by atoms with Crippen LogP contribution in [0.15, 0.2) is 23.2 Å². The van der Waals surface area contributed by atoms with Crippen molar-refractivity contribution in [2.45, 2.75) is 19.8 Å². The predicted molar refractivity (Wildman–Crippen MR) is 66.7 cm³/mol. The summed E-state index contributed by atoms with van der Waals surface area (Å²) in [6, 6.07) is 6.07. The lowest BCUT2D eigenvalue weighted by molar-refractivity contribution is 0.415. The Kier molecular flexibility index (Phi) is 3.44. The van der Waals surface area contributed by atoms with Crippen molar-refractivity contribution >= 4 is 12.0 Å². The number of benzene rings is 1. The van der Waals surface area contributed by atoms with Gasteiger partial charge in [-0.3, -0.25) is 0 Å². The first-order chi connectivity index (χ1) is 7.79. The normalized spacial score (nSPS) is 16.0. The van der Waals surface area contributed by atoms with Crippen LogP contribution in [-0.4, -0.2) is 31.4 Å². The summed E-state index contributed by atoms with van der Waals surface area (Å²) in [5.74, 6) is 0.843. The highest BCUT2D eigenvalue weighted by molar-refractivity contribution is 5.65. The van der Waals surface area contributed by atoms with Gasteiger partial charge in [0.05, 0.1) is 13.4 Å². The van der Waals surface area contributed by atoms with E-state index in [1.54, 1.807) is 7.11 Å². The first kappa shape index (κ1) is 11.0. The Morgan fingerprint density at radius 2 is 2.06 bits per heavy atom. The fourth-order valence-electron chi connectivity index (χ4n) is 1.89. The first-order valence-corrected chi connectivity index (χ1v) is 5.72. The van der Waals surface area contributed by atoms with Gasteiger partial charge < -0.3 is 9.64 Å². The van der Waals surface area contributed by atoms with Gasteiger partial charge in [0.2, 0.25) is 0 Å². The fourth-order valence-corrected chi connectivity index (χ4v) is 1.89. The van der Waals surface area contributed by atoms with E-state index in [0.717, 1.165) is 24.5 Å². The van der Waals surface area contributed by atoms with Crippen molar-refractivity contribution < 1.29 is 4.74 Å². The largest absolute Gasteiger partial charge is 0.494 e.